The van der Waals surface area contributed by atoms with Crippen molar-refractivity contribution in [3.8, 4) is 17.0 Å². The fourth-order valence-electron chi connectivity index (χ4n) is 3.13. The Labute approximate surface area is 157 Å². The minimum absolute atomic E-state index is 0.0852. The average molecular weight is 400 g/mol. The Morgan fingerprint density at radius 3 is 2.46 bits per heavy atom. The highest BCUT2D eigenvalue weighted by atomic mass is 19.3. The molecule has 1 aliphatic rings. The van der Waals surface area contributed by atoms with Crippen molar-refractivity contribution in [1.82, 2.24) is 10.3 Å². The zero-order chi connectivity index (χ0) is 20.3. The molecule has 3 rings (SSSR count). The summed E-state index contributed by atoms with van der Waals surface area (Å²) in [5.41, 5.74) is -1.22. The van der Waals surface area contributed by atoms with Gasteiger partial charge in [0.05, 0.1) is 17.0 Å². The second-order valence-electron chi connectivity index (χ2n) is 6.58. The molecular formula is C19H17F5N2O2. The Balaban J connectivity index is 2.20. The molecular weight excluding hydrogens is 383 g/mol. The number of halogens is 5. The highest BCUT2D eigenvalue weighted by molar-refractivity contribution is 5.71. The maximum Gasteiger partial charge on any atom is 0.248 e. The van der Waals surface area contributed by atoms with Crippen LogP contribution >= 0.6 is 0 Å². The van der Waals surface area contributed by atoms with Crippen LogP contribution in [-0.4, -0.2) is 44.3 Å². The Kier molecular flexibility index (Phi) is 5.81. The van der Waals surface area contributed by atoms with Crippen LogP contribution in [0.5, 0.6) is 5.75 Å². The molecule has 28 heavy (non-hydrogen) atoms. The van der Waals surface area contributed by atoms with Crippen LogP contribution in [0.15, 0.2) is 30.3 Å². The third kappa shape index (κ3) is 3.53. The van der Waals surface area contributed by atoms with Crippen molar-refractivity contribution in [2.24, 2.45) is 0 Å². The van der Waals surface area contributed by atoms with Crippen LogP contribution in [0.25, 0.3) is 11.3 Å². The Hall–Kier alpha value is -2.71. The second-order valence-corrected chi connectivity index (χ2v) is 6.58. The maximum atomic E-state index is 13.7. The van der Waals surface area contributed by atoms with Crippen LogP contribution < -0.4 is 10.1 Å². The van der Waals surface area contributed by atoms with E-state index < -0.39 is 43.5 Å². The molecule has 0 radical (unpaired) electrons. The Bertz CT molecular complexity index is 841. The predicted molar refractivity (Wildman–Crippen MR) is 91.6 cm³/mol. The van der Waals surface area contributed by atoms with Crippen LogP contribution in [0.2, 0.25) is 0 Å². The predicted octanol–water partition coefficient (Wildman–Crippen LogP) is 3.55. The normalized spacial score (nSPS) is 15.8. The number of nitrogens with zero attached hydrogens (tertiary/aromatic N) is 1. The summed E-state index contributed by atoms with van der Waals surface area (Å²) in [7, 11) is 0. The second kappa shape index (κ2) is 8.12. The van der Waals surface area contributed by atoms with E-state index >= 15 is 0 Å². The molecule has 0 saturated heterocycles. The van der Waals surface area contributed by atoms with E-state index in [1.165, 1.54) is 18.2 Å². The van der Waals surface area contributed by atoms with Gasteiger partial charge in [0.2, 0.25) is 12.8 Å². The summed E-state index contributed by atoms with van der Waals surface area (Å²) in [5.74, 6) is -1.92. The van der Waals surface area contributed by atoms with E-state index in [-0.39, 0.29) is 35.7 Å². The molecule has 2 heterocycles. The molecule has 1 unspecified atom stereocenters. The van der Waals surface area contributed by atoms with Gasteiger partial charge >= 0.3 is 0 Å². The number of pyridine rings is 1. The topological polar surface area (TPSA) is 51.2 Å². The molecule has 0 spiro atoms. The molecule has 0 saturated carbocycles. The van der Waals surface area contributed by atoms with Gasteiger partial charge in [0.25, 0.3) is 0 Å². The number of fused-ring (bicyclic) bond motifs is 1. The van der Waals surface area contributed by atoms with Crippen molar-refractivity contribution in [3.05, 3.63) is 47.4 Å². The van der Waals surface area contributed by atoms with Crippen molar-refractivity contribution in [2.75, 3.05) is 26.5 Å². The van der Waals surface area contributed by atoms with Gasteiger partial charge in [0.1, 0.15) is 37.2 Å². The molecule has 9 heteroatoms. The summed E-state index contributed by atoms with van der Waals surface area (Å²) in [6.45, 7) is -2.89. The van der Waals surface area contributed by atoms with Crippen molar-refractivity contribution in [3.63, 3.8) is 0 Å². The lowest BCUT2D eigenvalue weighted by molar-refractivity contribution is -0.109. The molecule has 1 aromatic carbocycles. The summed E-state index contributed by atoms with van der Waals surface area (Å²) in [6.07, 6.45) is -2.60. The van der Waals surface area contributed by atoms with Gasteiger partial charge < -0.3 is 10.1 Å². The van der Waals surface area contributed by atoms with Crippen LogP contribution in [-0.2, 0) is 10.2 Å². The minimum Gasteiger partial charge on any atom is -0.490 e. The molecule has 2 aromatic rings. The number of carbonyl (C=O) groups is 1. The van der Waals surface area contributed by atoms with E-state index in [0.717, 1.165) is 12.1 Å². The van der Waals surface area contributed by atoms with E-state index in [0.29, 0.717) is 5.56 Å². The summed E-state index contributed by atoms with van der Waals surface area (Å²) < 4.78 is 73.4. The van der Waals surface area contributed by atoms with Crippen LogP contribution in [0, 0.1) is 5.82 Å². The fraction of sp³-hybridized carbons (Fsp3) is 0.368. The lowest BCUT2D eigenvalue weighted by Gasteiger charge is -2.22. The molecule has 1 N–H and O–H groups in total. The van der Waals surface area contributed by atoms with Crippen molar-refractivity contribution in [2.45, 2.75) is 17.8 Å². The van der Waals surface area contributed by atoms with Gasteiger partial charge in [-0.05, 0) is 30.3 Å². The number of benzene rings is 1. The van der Waals surface area contributed by atoms with Gasteiger partial charge in [-0.15, -0.1) is 0 Å². The molecule has 1 aliphatic heterocycles. The number of carbonyl (C=O) groups excluding carboxylic acids is 1. The molecule has 1 amide bonds. The molecule has 1 aromatic heterocycles. The van der Waals surface area contributed by atoms with E-state index in [4.69, 9.17) is 4.74 Å². The molecule has 0 fully saturated rings. The number of aromatic nitrogens is 1. The first-order valence-corrected chi connectivity index (χ1v) is 8.47. The summed E-state index contributed by atoms with van der Waals surface area (Å²) in [5, 5.41) is 2.18. The molecule has 0 bridgehead atoms. The van der Waals surface area contributed by atoms with Gasteiger partial charge in [0.15, 0.2) is 0 Å². The molecule has 1 atom stereocenters. The largest absolute Gasteiger partial charge is 0.490 e. The summed E-state index contributed by atoms with van der Waals surface area (Å²) >= 11 is 0. The number of nitrogens with one attached hydrogen (secondary N) is 1. The third-order valence-electron chi connectivity index (χ3n) is 4.79. The summed E-state index contributed by atoms with van der Waals surface area (Å²) in [4.78, 5) is 14.8. The number of hydrogen-bond acceptors (Lipinski definition) is 3. The number of hydrogen-bond donors (Lipinski definition) is 1. The quantitative estimate of drug-likeness (QED) is 0.545. The van der Waals surface area contributed by atoms with Crippen molar-refractivity contribution >= 4 is 6.41 Å². The Morgan fingerprint density at radius 1 is 1.21 bits per heavy atom. The standard InChI is InChI=1S/C19H17F5N2O2/c20-7-19(8-21)9-28-17-14(19)5-15(13(18(23)24)6-25-10-27)26-16(17)11-1-3-12(22)4-2-11/h1-5,10,13,18H,6-9H2,(H,25,27). The van der Waals surface area contributed by atoms with Crippen molar-refractivity contribution in [1.29, 1.82) is 0 Å². The van der Waals surface area contributed by atoms with E-state index in [1.54, 1.807) is 0 Å². The number of alkyl halides is 4. The third-order valence-corrected chi connectivity index (χ3v) is 4.79. The lowest BCUT2D eigenvalue weighted by Crippen LogP contribution is -2.33. The van der Waals surface area contributed by atoms with Gasteiger partial charge in [-0.25, -0.2) is 26.9 Å². The minimum atomic E-state index is -2.88. The first-order valence-electron chi connectivity index (χ1n) is 8.47. The van der Waals surface area contributed by atoms with Gasteiger partial charge in [-0.3, -0.25) is 4.79 Å². The van der Waals surface area contributed by atoms with Gasteiger partial charge in [-0.2, -0.15) is 0 Å². The maximum absolute atomic E-state index is 13.7. The monoisotopic (exact) mass is 400 g/mol. The van der Waals surface area contributed by atoms with E-state index in [2.05, 4.69) is 10.3 Å². The molecule has 150 valence electrons. The lowest BCUT2D eigenvalue weighted by atomic mass is 9.83. The Morgan fingerprint density at radius 2 is 1.89 bits per heavy atom. The zero-order valence-corrected chi connectivity index (χ0v) is 14.6. The number of amides is 1. The highest BCUT2D eigenvalue weighted by Crippen LogP contribution is 2.46. The smallest absolute Gasteiger partial charge is 0.248 e. The van der Waals surface area contributed by atoms with Crippen LogP contribution in [0.1, 0.15) is 17.2 Å². The summed E-state index contributed by atoms with van der Waals surface area (Å²) in [6, 6.07) is 6.26. The number of rotatable bonds is 8. The zero-order valence-electron chi connectivity index (χ0n) is 14.6. The molecule has 4 nitrogen and oxygen atoms in total. The van der Waals surface area contributed by atoms with Crippen LogP contribution in [0.3, 0.4) is 0 Å². The van der Waals surface area contributed by atoms with Crippen LogP contribution in [0.4, 0.5) is 22.0 Å². The first kappa shape index (κ1) is 20.0. The van der Waals surface area contributed by atoms with Gasteiger partial charge in [-0.1, -0.05) is 0 Å². The SMILES string of the molecule is O=CNCC(c1cc2c(c(-c3ccc(F)cc3)n1)OCC2(CF)CF)C(F)F. The first-order chi connectivity index (χ1) is 13.5. The number of ether oxygens (including phenoxy) is 1. The van der Waals surface area contributed by atoms with Gasteiger partial charge in [0, 0.05) is 17.7 Å². The highest BCUT2D eigenvalue weighted by Gasteiger charge is 2.44. The molecule has 0 aliphatic carbocycles. The van der Waals surface area contributed by atoms with Crippen molar-refractivity contribution < 1.29 is 31.5 Å². The average Bonchev–Trinajstić information content (AvgIpc) is 3.07. The van der Waals surface area contributed by atoms with E-state index in [1.807, 2.05) is 0 Å². The van der Waals surface area contributed by atoms with E-state index in [9.17, 15) is 26.7 Å². The fourth-order valence-corrected chi connectivity index (χ4v) is 3.13.